The number of anilines is 1. The smallest absolute Gasteiger partial charge is 0.261 e. The van der Waals surface area contributed by atoms with Crippen molar-refractivity contribution in [3.63, 3.8) is 0 Å². The molecule has 0 unspecified atom stereocenters. The Hall–Kier alpha value is -2.79. The highest BCUT2D eigenvalue weighted by Crippen LogP contribution is 2.24. The summed E-state index contributed by atoms with van der Waals surface area (Å²) in [7, 11) is -3.49. The van der Waals surface area contributed by atoms with E-state index in [1.165, 1.54) is 16.4 Å². The lowest BCUT2D eigenvalue weighted by molar-refractivity contribution is 0.0973. The van der Waals surface area contributed by atoms with Gasteiger partial charge in [0.1, 0.15) is 5.75 Å². The van der Waals surface area contributed by atoms with Gasteiger partial charge in [0.15, 0.2) is 5.11 Å². The maximum absolute atomic E-state index is 13.0. The van der Waals surface area contributed by atoms with Gasteiger partial charge in [0.2, 0.25) is 10.0 Å². The number of hydrogen-bond donors (Lipinski definition) is 2. The fraction of sp³-hybridized carbons (Fsp3) is 0.231. The van der Waals surface area contributed by atoms with E-state index in [4.69, 9.17) is 17.0 Å². The lowest BCUT2D eigenvalue weighted by atomic mass is 10.1. The van der Waals surface area contributed by atoms with Crippen LogP contribution in [0.4, 0.5) is 5.69 Å². The Balaban J connectivity index is 1.36. The number of halogens is 1. The predicted octanol–water partition coefficient (Wildman–Crippen LogP) is 4.98. The third-order valence-electron chi connectivity index (χ3n) is 5.72. The molecule has 0 radical (unpaired) electrons. The molecular formula is C26H26BrN3O4S2. The van der Waals surface area contributed by atoms with Crippen LogP contribution in [0.2, 0.25) is 0 Å². The van der Waals surface area contributed by atoms with Crippen LogP contribution in [0, 0.1) is 0 Å². The molecule has 0 aliphatic carbocycles. The highest BCUT2D eigenvalue weighted by molar-refractivity contribution is 9.10. The number of carbonyl (C=O) groups excluding carboxylic acids is 1. The van der Waals surface area contributed by atoms with Crippen LogP contribution in [0.3, 0.4) is 0 Å². The lowest BCUT2D eigenvalue weighted by Crippen LogP contribution is -2.34. The number of sulfonamides is 1. The summed E-state index contributed by atoms with van der Waals surface area (Å²) in [4.78, 5) is 13.2. The molecule has 3 aromatic rings. The van der Waals surface area contributed by atoms with E-state index in [-0.39, 0.29) is 10.0 Å². The predicted molar refractivity (Wildman–Crippen MR) is 148 cm³/mol. The van der Waals surface area contributed by atoms with E-state index in [9.17, 15) is 13.2 Å². The van der Waals surface area contributed by atoms with Crippen molar-refractivity contribution in [2.45, 2.75) is 24.2 Å². The van der Waals surface area contributed by atoms with Crippen LogP contribution in [0.1, 0.15) is 28.8 Å². The normalized spacial score (nSPS) is 13.8. The van der Waals surface area contributed by atoms with Crippen LogP contribution in [0.25, 0.3) is 0 Å². The Morgan fingerprint density at radius 2 is 1.69 bits per heavy atom. The molecule has 7 nitrogen and oxygen atoms in total. The van der Waals surface area contributed by atoms with E-state index >= 15 is 0 Å². The van der Waals surface area contributed by atoms with Crippen LogP contribution in [-0.4, -0.2) is 43.4 Å². The second-order valence-corrected chi connectivity index (χ2v) is 11.5. The number of carbonyl (C=O) groups is 1. The fourth-order valence-corrected chi connectivity index (χ4v) is 5.94. The molecule has 10 heteroatoms. The molecule has 1 aliphatic rings. The lowest BCUT2D eigenvalue weighted by Gasteiger charge is -2.16. The summed E-state index contributed by atoms with van der Waals surface area (Å²) in [5, 5.41) is 5.68. The van der Waals surface area contributed by atoms with Gasteiger partial charge in [-0.25, -0.2) is 8.42 Å². The zero-order valence-electron chi connectivity index (χ0n) is 19.4. The Morgan fingerprint density at radius 3 is 2.39 bits per heavy atom. The molecule has 0 spiro atoms. The van der Waals surface area contributed by atoms with Gasteiger partial charge in [0.25, 0.3) is 5.91 Å². The van der Waals surface area contributed by atoms with Crippen molar-refractivity contribution >= 4 is 54.9 Å². The number of ether oxygens (including phenoxy) is 1. The summed E-state index contributed by atoms with van der Waals surface area (Å²) >= 11 is 8.71. The summed E-state index contributed by atoms with van der Waals surface area (Å²) in [5.74, 6) is 0.0302. The molecule has 0 saturated carbocycles. The second-order valence-electron chi connectivity index (χ2n) is 8.27. The highest BCUT2D eigenvalue weighted by atomic mass is 79.9. The number of benzene rings is 3. The Labute approximate surface area is 225 Å². The van der Waals surface area contributed by atoms with Crippen molar-refractivity contribution in [1.29, 1.82) is 0 Å². The zero-order chi connectivity index (χ0) is 25.5. The second kappa shape index (κ2) is 12.0. The molecule has 0 bridgehead atoms. The minimum absolute atomic E-state index is 0.0883. The van der Waals surface area contributed by atoms with Gasteiger partial charge < -0.3 is 10.1 Å². The molecule has 1 aliphatic heterocycles. The number of hydrogen-bond acceptors (Lipinski definition) is 5. The summed E-state index contributed by atoms with van der Waals surface area (Å²) in [6.07, 6.45) is 2.47. The van der Waals surface area contributed by atoms with E-state index in [1.807, 2.05) is 36.4 Å². The highest BCUT2D eigenvalue weighted by Gasteiger charge is 2.27. The van der Waals surface area contributed by atoms with Crippen LogP contribution >= 0.6 is 28.1 Å². The first kappa shape index (κ1) is 26.3. The first-order chi connectivity index (χ1) is 17.3. The molecule has 36 heavy (non-hydrogen) atoms. The van der Waals surface area contributed by atoms with Crippen molar-refractivity contribution in [2.24, 2.45) is 0 Å². The van der Waals surface area contributed by atoms with Crippen molar-refractivity contribution in [3.8, 4) is 5.75 Å². The molecule has 188 valence electrons. The summed E-state index contributed by atoms with van der Waals surface area (Å²) in [5.41, 5.74) is 2.05. The maximum atomic E-state index is 13.0. The molecule has 1 fully saturated rings. The van der Waals surface area contributed by atoms with E-state index < -0.39 is 15.9 Å². The third kappa shape index (κ3) is 6.70. The minimum Gasteiger partial charge on any atom is -0.492 e. The number of amides is 1. The first-order valence-electron chi connectivity index (χ1n) is 11.5. The summed E-state index contributed by atoms with van der Waals surface area (Å²) in [6.45, 7) is 1.51. The molecule has 1 saturated heterocycles. The van der Waals surface area contributed by atoms with Gasteiger partial charge in [-0.05, 0) is 73.1 Å². The topological polar surface area (TPSA) is 87.7 Å². The van der Waals surface area contributed by atoms with E-state index in [0.29, 0.717) is 43.1 Å². The Kier molecular flexibility index (Phi) is 8.73. The molecule has 2 N–H and O–H groups in total. The fourth-order valence-electron chi connectivity index (χ4n) is 3.85. The summed E-state index contributed by atoms with van der Waals surface area (Å²) in [6, 6.07) is 21.5. The SMILES string of the molecule is O=C(NC(=S)Nc1ccc(S(=O)(=O)N2CCCC2)cc1)c1cc(Br)ccc1OCCc1ccccc1. The molecule has 1 heterocycles. The van der Waals surface area contributed by atoms with Crippen molar-refractivity contribution in [2.75, 3.05) is 25.0 Å². The van der Waals surface area contributed by atoms with Crippen LogP contribution in [-0.2, 0) is 16.4 Å². The summed E-state index contributed by atoms with van der Waals surface area (Å²) < 4.78 is 33.5. The van der Waals surface area contributed by atoms with Gasteiger partial charge in [-0.1, -0.05) is 46.3 Å². The zero-order valence-corrected chi connectivity index (χ0v) is 22.7. The average Bonchev–Trinajstić information content (AvgIpc) is 3.42. The standard InChI is InChI=1S/C26H26BrN3O4S2/c27-20-8-13-24(34-17-14-19-6-2-1-3-7-19)23(18-20)25(31)29-26(35)28-21-9-11-22(12-10-21)36(32,33)30-15-4-5-16-30/h1-3,6-13,18H,4-5,14-17H2,(H2,28,29,31,35). The molecular weight excluding hydrogens is 562 g/mol. The molecule has 3 aromatic carbocycles. The third-order valence-corrected chi connectivity index (χ3v) is 8.33. The van der Waals surface area contributed by atoms with Gasteiger partial charge in [-0.3, -0.25) is 10.1 Å². The van der Waals surface area contributed by atoms with E-state index in [2.05, 4.69) is 26.6 Å². The largest absolute Gasteiger partial charge is 0.492 e. The molecule has 0 aromatic heterocycles. The van der Waals surface area contributed by atoms with Crippen LogP contribution in [0.5, 0.6) is 5.75 Å². The van der Waals surface area contributed by atoms with Crippen molar-refractivity contribution in [1.82, 2.24) is 9.62 Å². The first-order valence-corrected chi connectivity index (χ1v) is 14.2. The van der Waals surface area contributed by atoms with Crippen molar-refractivity contribution in [3.05, 3.63) is 88.4 Å². The van der Waals surface area contributed by atoms with Crippen molar-refractivity contribution < 1.29 is 17.9 Å². The van der Waals surface area contributed by atoms with Gasteiger partial charge in [0, 0.05) is 29.7 Å². The van der Waals surface area contributed by atoms with Gasteiger partial charge in [-0.2, -0.15) is 4.31 Å². The van der Waals surface area contributed by atoms with Gasteiger partial charge in [0.05, 0.1) is 17.1 Å². The number of rotatable bonds is 8. The number of nitrogens with one attached hydrogen (secondary N) is 2. The van der Waals surface area contributed by atoms with Gasteiger partial charge in [-0.15, -0.1) is 0 Å². The van der Waals surface area contributed by atoms with E-state index in [1.54, 1.807) is 24.3 Å². The van der Waals surface area contributed by atoms with Gasteiger partial charge >= 0.3 is 0 Å². The number of thiocarbonyl (C=S) groups is 1. The minimum atomic E-state index is -3.49. The maximum Gasteiger partial charge on any atom is 0.261 e. The van der Waals surface area contributed by atoms with Crippen LogP contribution in [0.15, 0.2) is 82.2 Å². The molecule has 4 rings (SSSR count). The molecule has 0 atom stereocenters. The Bertz CT molecular complexity index is 1330. The van der Waals surface area contributed by atoms with E-state index in [0.717, 1.165) is 22.9 Å². The molecule has 1 amide bonds. The monoisotopic (exact) mass is 587 g/mol. The quantitative estimate of drug-likeness (QED) is 0.361. The van der Waals surface area contributed by atoms with Crippen LogP contribution < -0.4 is 15.4 Å². The Morgan fingerprint density at radius 1 is 1.00 bits per heavy atom. The number of nitrogens with zero attached hydrogens (tertiary/aromatic N) is 1. The average molecular weight is 589 g/mol.